The summed E-state index contributed by atoms with van der Waals surface area (Å²) in [4.78, 5) is 14.6. The molecule has 1 N–H and O–H groups in total. The Labute approximate surface area is 138 Å². The molecular formula is C17H16FNO3S. The molecule has 0 radical (unpaired) electrons. The van der Waals surface area contributed by atoms with Crippen LogP contribution in [0.3, 0.4) is 0 Å². The van der Waals surface area contributed by atoms with Crippen molar-refractivity contribution in [2.45, 2.75) is 20.8 Å². The van der Waals surface area contributed by atoms with Gasteiger partial charge in [0.1, 0.15) is 16.4 Å². The average Bonchev–Trinajstić information content (AvgIpc) is 2.87. The summed E-state index contributed by atoms with van der Waals surface area (Å²) < 4.78 is 19.4. The van der Waals surface area contributed by atoms with Crippen molar-refractivity contribution in [1.29, 1.82) is 0 Å². The molecule has 0 aliphatic heterocycles. The molecule has 120 valence electrons. The molecule has 0 saturated heterocycles. The van der Waals surface area contributed by atoms with Crippen LogP contribution in [-0.2, 0) is 0 Å². The third-order valence-corrected chi connectivity index (χ3v) is 4.25. The summed E-state index contributed by atoms with van der Waals surface area (Å²) in [7, 11) is 0. The first kappa shape index (κ1) is 17.0. The number of carboxylic acids is 1. The first-order chi connectivity index (χ1) is 10.8. The number of nitrogens with zero attached hydrogens (tertiary/aromatic N) is 1. The fraction of sp³-hybridized carbons (Fsp3) is 0.294. The minimum atomic E-state index is -1.29. The lowest BCUT2D eigenvalue weighted by atomic mass is 10.1. The molecule has 0 fully saturated rings. The standard InChI is InChI=1S/C17H16FNO3S/c1-9(2)8-22-15-10(3)5-11(6-13(15)19-4)14-7-12(18)16(23-14)17(20)21/h5-7,9H,8H2,1-3H3,(H,20,21). The van der Waals surface area contributed by atoms with Crippen LogP contribution in [0.4, 0.5) is 10.1 Å². The molecule has 0 amide bonds. The number of carboxylic acid groups (broad SMARTS) is 1. The largest absolute Gasteiger partial charge is 0.504 e. The van der Waals surface area contributed by atoms with E-state index >= 15 is 0 Å². The number of rotatable bonds is 5. The summed E-state index contributed by atoms with van der Waals surface area (Å²) in [6, 6.07) is 4.57. The quantitative estimate of drug-likeness (QED) is 0.770. The van der Waals surface area contributed by atoms with Gasteiger partial charge >= 0.3 is 5.97 Å². The molecule has 1 aromatic carbocycles. The van der Waals surface area contributed by atoms with Crippen LogP contribution in [0.5, 0.6) is 5.75 Å². The maximum Gasteiger partial charge on any atom is 0.348 e. The summed E-state index contributed by atoms with van der Waals surface area (Å²) in [5, 5.41) is 8.95. The van der Waals surface area contributed by atoms with E-state index < -0.39 is 11.8 Å². The Morgan fingerprint density at radius 1 is 1.43 bits per heavy atom. The van der Waals surface area contributed by atoms with Gasteiger partial charge in [-0.3, -0.25) is 0 Å². The van der Waals surface area contributed by atoms with E-state index in [0.717, 1.165) is 16.9 Å². The molecule has 4 nitrogen and oxygen atoms in total. The van der Waals surface area contributed by atoms with Crippen molar-refractivity contribution >= 4 is 23.0 Å². The molecule has 0 unspecified atom stereocenters. The fourth-order valence-corrected chi connectivity index (χ4v) is 2.94. The lowest BCUT2D eigenvalue weighted by Crippen LogP contribution is -2.05. The van der Waals surface area contributed by atoms with E-state index in [1.54, 1.807) is 12.1 Å². The van der Waals surface area contributed by atoms with E-state index in [1.807, 2.05) is 20.8 Å². The van der Waals surface area contributed by atoms with Gasteiger partial charge in [-0.25, -0.2) is 14.0 Å². The first-order valence-electron chi connectivity index (χ1n) is 7.01. The number of aromatic carboxylic acids is 1. The molecular weight excluding hydrogens is 317 g/mol. The minimum absolute atomic E-state index is 0.331. The van der Waals surface area contributed by atoms with Gasteiger partial charge in [-0.05, 0) is 42.2 Å². The molecule has 2 rings (SSSR count). The van der Waals surface area contributed by atoms with Crippen molar-refractivity contribution in [1.82, 2.24) is 0 Å². The number of benzene rings is 1. The van der Waals surface area contributed by atoms with Crippen LogP contribution in [0.2, 0.25) is 0 Å². The number of aryl methyl sites for hydroxylation is 1. The summed E-state index contributed by atoms with van der Waals surface area (Å²) >= 11 is 0.854. The summed E-state index contributed by atoms with van der Waals surface area (Å²) in [5.41, 5.74) is 1.72. The van der Waals surface area contributed by atoms with Crippen molar-refractivity contribution in [2.75, 3.05) is 6.61 Å². The second kappa shape index (κ2) is 6.80. The normalized spacial score (nSPS) is 10.6. The van der Waals surface area contributed by atoms with Crippen LogP contribution >= 0.6 is 11.3 Å². The second-order valence-corrected chi connectivity index (χ2v) is 6.60. The highest BCUT2D eigenvalue weighted by Gasteiger charge is 2.18. The molecule has 6 heteroatoms. The van der Waals surface area contributed by atoms with Crippen molar-refractivity contribution < 1.29 is 19.0 Å². The highest BCUT2D eigenvalue weighted by molar-refractivity contribution is 7.17. The van der Waals surface area contributed by atoms with Crippen LogP contribution in [0.1, 0.15) is 29.1 Å². The Hall–Kier alpha value is -2.39. The number of carbonyl (C=O) groups is 1. The molecule has 0 spiro atoms. The van der Waals surface area contributed by atoms with Crippen molar-refractivity contribution in [3.8, 4) is 16.2 Å². The second-order valence-electron chi connectivity index (χ2n) is 5.55. The van der Waals surface area contributed by atoms with E-state index in [9.17, 15) is 9.18 Å². The SMILES string of the molecule is [C-]#[N+]c1cc(-c2cc(F)c(C(=O)O)s2)cc(C)c1OCC(C)C. The van der Waals surface area contributed by atoms with Gasteiger partial charge in [0.25, 0.3) is 0 Å². The Balaban J connectivity index is 2.46. The smallest absolute Gasteiger partial charge is 0.348 e. The Morgan fingerprint density at radius 3 is 2.65 bits per heavy atom. The number of halogens is 1. The number of hydrogen-bond acceptors (Lipinski definition) is 3. The fourth-order valence-electron chi connectivity index (χ4n) is 2.08. The highest BCUT2D eigenvalue weighted by Crippen LogP contribution is 2.39. The molecule has 0 aliphatic rings. The molecule has 1 heterocycles. The van der Waals surface area contributed by atoms with E-state index in [0.29, 0.717) is 34.4 Å². The van der Waals surface area contributed by atoms with Gasteiger partial charge in [0.15, 0.2) is 0 Å². The summed E-state index contributed by atoms with van der Waals surface area (Å²) in [5.74, 6) is -1.21. The third-order valence-electron chi connectivity index (χ3n) is 3.10. The molecule has 0 bridgehead atoms. The van der Waals surface area contributed by atoms with Gasteiger partial charge in [-0.1, -0.05) is 13.8 Å². The maximum atomic E-state index is 13.7. The van der Waals surface area contributed by atoms with Gasteiger partial charge < -0.3 is 9.84 Å². The van der Waals surface area contributed by atoms with Gasteiger partial charge in [0.2, 0.25) is 5.69 Å². The monoisotopic (exact) mass is 333 g/mol. The predicted octanol–water partition coefficient (Wildman–Crippen LogP) is 5.15. The van der Waals surface area contributed by atoms with Crippen LogP contribution in [0.15, 0.2) is 18.2 Å². The maximum absolute atomic E-state index is 13.7. The Bertz CT molecular complexity index is 790. The summed E-state index contributed by atoms with van der Waals surface area (Å²) in [6.07, 6.45) is 0. The van der Waals surface area contributed by atoms with Gasteiger partial charge in [0.05, 0.1) is 13.2 Å². The molecule has 0 saturated carbocycles. The lowest BCUT2D eigenvalue weighted by molar-refractivity contribution is 0.0697. The zero-order valence-corrected chi connectivity index (χ0v) is 13.8. The lowest BCUT2D eigenvalue weighted by Gasteiger charge is -2.14. The topological polar surface area (TPSA) is 50.9 Å². The summed E-state index contributed by atoms with van der Waals surface area (Å²) in [6.45, 7) is 13.7. The van der Waals surface area contributed by atoms with Crippen molar-refractivity contribution in [3.05, 3.63) is 45.9 Å². The van der Waals surface area contributed by atoms with Crippen LogP contribution < -0.4 is 4.74 Å². The molecule has 0 aliphatic carbocycles. The van der Waals surface area contributed by atoms with E-state index in [2.05, 4.69) is 4.85 Å². The Morgan fingerprint density at radius 2 is 2.13 bits per heavy atom. The molecule has 0 atom stereocenters. The van der Waals surface area contributed by atoms with Crippen LogP contribution in [0, 0.1) is 25.2 Å². The van der Waals surface area contributed by atoms with Crippen molar-refractivity contribution in [3.63, 3.8) is 0 Å². The molecule has 1 aromatic heterocycles. The first-order valence-corrected chi connectivity index (χ1v) is 7.83. The van der Waals surface area contributed by atoms with E-state index in [1.165, 1.54) is 6.07 Å². The van der Waals surface area contributed by atoms with Gasteiger partial charge in [0, 0.05) is 4.88 Å². The third kappa shape index (κ3) is 3.69. The predicted molar refractivity (Wildman–Crippen MR) is 88.0 cm³/mol. The van der Waals surface area contributed by atoms with Crippen LogP contribution in [-0.4, -0.2) is 17.7 Å². The number of hydrogen-bond donors (Lipinski definition) is 1. The zero-order chi connectivity index (χ0) is 17.1. The van der Waals surface area contributed by atoms with Gasteiger partial charge in [-0.15, -0.1) is 11.3 Å². The Kier molecular flexibility index (Phi) is 5.02. The van der Waals surface area contributed by atoms with Crippen LogP contribution in [0.25, 0.3) is 15.3 Å². The van der Waals surface area contributed by atoms with E-state index in [-0.39, 0.29) is 4.88 Å². The highest BCUT2D eigenvalue weighted by atomic mass is 32.1. The number of ether oxygens (including phenoxy) is 1. The number of thiophene rings is 1. The minimum Gasteiger partial charge on any atom is -0.504 e. The zero-order valence-electron chi connectivity index (χ0n) is 13.0. The van der Waals surface area contributed by atoms with Gasteiger partial charge in [-0.2, -0.15) is 0 Å². The molecule has 23 heavy (non-hydrogen) atoms. The van der Waals surface area contributed by atoms with E-state index in [4.69, 9.17) is 16.4 Å². The molecule has 2 aromatic rings. The van der Waals surface area contributed by atoms with Crippen molar-refractivity contribution in [2.24, 2.45) is 5.92 Å². The average molecular weight is 333 g/mol.